The molecular weight excluding hydrogens is 595 g/mol. The zero-order chi connectivity index (χ0) is 32.5. The Labute approximate surface area is 287 Å². The number of hydrogen-bond acceptors (Lipinski definition) is 1. The van der Waals surface area contributed by atoms with E-state index in [1.54, 1.807) is 0 Å². The lowest BCUT2D eigenvalue weighted by atomic mass is 9.78. The van der Waals surface area contributed by atoms with Gasteiger partial charge in [0.2, 0.25) is 0 Å². The van der Waals surface area contributed by atoms with Crippen LogP contribution < -0.4 is 4.98 Å². The van der Waals surface area contributed by atoms with Crippen molar-refractivity contribution in [2.24, 2.45) is 0 Å². The number of rotatable bonds is 11. The molecule has 7 aromatic rings. The van der Waals surface area contributed by atoms with Gasteiger partial charge in [-0.3, -0.25) is 0 Å². The van der Waals surface area contributed by atoms with Crippen LogP contribution in [0.5, 0.6) is 0 Å². The van der Waals surface area contributed by atoms with E-state index >= 15 is 0 Å². The van der Waals surface area contributed by atoms with Gasteiger partial charge in [0.25, 0.3) is 0 Å². The standard InChI is InChI=1S/C46H39NSi/c1-34-32-41(43(35-20-8-2-9-21-35)36-22-10-3-11-23-36)45(47-48-46(39-28-16-6-17-29-39)40-30-18-7-19-31-40)42(33-34)44(37-24-12-4-13-25-37)38-26-14-5-15-27-38/h2-33,43-44,46-47H,1H3. The van der Waals surface area contributed by atoms with Crippen molar-refractivity contribution in [1.82, 2.24) is 0 Å². The summed E-state index contributed by atoms with van der Waals surface area (Å²) in [5, 5.41) is 0. The average molecular weight is 634 g/mol. The lowest BCUT2D eigenvalue weighted by molar-refractivity contribution is 0.940. The van der Waals surface area contributed by atoms with Crippen molar-refractivity contribution in [2.45, 2.75) is 24.3 Å². The van der Waals surface area contributed by atoms with E-state index in [9.17, 15) is 0 Å². The van der Waals surface area contributed by atoms with E-state index in [4.69, 9.17) is 0 Å². The van der Waals surface area contributed by atoms with Gasteiger partial charge in [-0.1, -0.05) is 200 Å². The summed E-state index contributed by atoms with van der Waals surface area (Å²) in [5.41, 5.74) is 13.0. The first-order chi connectivity index (χ1) is 23.8. The van der Waals surface area contributed by atoms with Crippen molar-refractivity contribution in [3.63, 3.8) is 0 Å². The van der Waals surface area contributed by atoms with Crippen molar-refractivity contribution < 1.29 is 0 Å². The molecule has 0 amide bonds. The van der Waals surface area contributed by atoms with Gasteiger partial charge in [0.05, 0.1) is 0 Å². The van der Waals surface area contributed by atoms with Crippen LogP contribution in [-0.2, 0) is 0 Å². The van der Waals surface area contributed by atoms with E-state index in [1.807, 2.05) is 0 Å². The zero-order valence-electron chi connectivity index (χ0n) is 27.2. The van der Waals surface area contributed by atoms with E-state index in [0.717, 1.165) is 0 Å². The summed E-state index contributed by atoms with van der Waals surface area (Å²) in [4.78, 5) is 4.17. The maximum absolute atomic E-state index is 4.17. The third-order valence-electron chi connectivity index (χ3n) is 9.10. The number of aryl methyl sites for hydroxylation is 1. The highest BCUT2D eigenvalue weighted by Gasteiger charge is 2.28. The van der Waals surface area contributed by atoms with Crippen LogP contribution in [0.4, 0.5) is 5.69 Å². The summed E-state index contributed by atoms with van der Waals surface area (Å²) in [5.74, 6) is 0.106. The first kappa shape index (κ1) is 31.2. The Balaban J connectivity index is 1.46. The van der Waals surface area contributed by atoms with Crippen molar-refractivity contribution in [2.75, 3.05) is 4.98 Å². The predicted molar refractivity (Wildman–Crippen MR) is 203 cm³/mol. The zero-order valence-corrected chi connectivity index (χ0v) is 28.2. The average Bonchev–Trinajstić information content (AvgIpc) is 3.15. The van der Waals surface area contributed by atoms with Crippen molar-refractivity contribution in [3.8, 4) is 0 Å². The minimum absolute atomic E-state index is 0.0532. The second-order valence-corrected chi connectivity index (χ2v) is 13.5. The Kier molecular flexibility index (Phi) is 9.73. The van der Waals surface area contributed by atoms with Crippen molar-refractivity contribution in [1.29, 1.82) is 0 Å². The normalized spacial score (nSPS) is 11.2. The summed E-state index contributed by atoms with van der Waals surface area (Å²) in [7, 11) is 0.411. The highest BCUT2D eigenvalue weighted by Crippen LogP contribution is 2.44. The van der Waals surface area contributed by atoms with Crippen LogP contribution in [0.3, 0.4) is 0 Å². The molecule has 232 valence electrons. The molecule has 1 nitrogen and oxygen atoms in total. The molecule has 0 bridgehead atoms. The first-order valence-electron chi connectivity index (χ1n) is 16.7. The van der Waals surface area contributed by atoms with Gasteiger partial charge in [-0.15, -0.1) is 0 Å². The third kappa shape index (κ3) is 6.95. The van der Waals surface area contributed by atoms with E-state index in [2.05, 4.69) is 206 Å². The minimum atomic E-state index is 0.0532. The largest absolute Gasteiger partial charge is 0.410 e. The van der Waals surface area contributed by atoms with Gasteiger partial charge < -0.3 is 4.98 Å². The quantitative estimate of drug-likeness (QED) is 0.110. The molecule has 0 aliphatic heterocycles. The van der Waals surface area contributed by atoms with Crippen LogP contribution in [0.1, 0.15) is 67.4 Å². The van der Waals surface area contributed by atoms with Crippen LogP contribution in [0.25, 0.3) is 0 Å². The number of nitrogens with one attached hydrogen (secondary N) is 1. The second-order valence-electron chi connectivity index (χ2n) is 12.4. The van der Waals surface area contributed by atoms with Gasteiger partial charge in [-0.25, -0.2) is 0 Å². The Morgan fingerprint density at radius 3 is 0.938 bits per heavy atom. The molecule has 1 N–H and O–H groups in total. The highest BCUT2D eigenvalue weighted by atomic mass is 28.2. The van der Waals surface area contributed by atoms with Crippen LogP contribution >= 0.6 is 0 Å². The smallest absolute Gasteiger partial charge is 0.191 e. The topological polar surface area (TPSA) is 12.0 Å². The molecule has 0 aliphatic carbocycles. The summed E-state index contributed by atoms with van der Waals surface area (Å²) >= 11 is 0. The van der Waals surface area contributed by atoms with Crippen LogP contribution in [0.2, 0.25) is 0 Å². The molecule has 2 heteroatoms. The maximum Gasteiger partial charge on any atom is 0.191 e. The van der Waals surface area contributed by atoms with Gasteiger partial charge in [-0.2, -0.15) is 0 Å². The molecule has 7 rings (SSSR count). The summed E-state index contributed by atoms with van der Waals surface area (Å²) in [6.45, 7) is 2.25. The summed E-state index contributed by atoms with van der Waals surface area (Å²) in [6.07, 6.45) is 0. The molecule has 0 saturated carbocycles. The third-order valence-corrected chi connectivity index (χ3v) is 10.5. The van der Waals surface area contributed by atoms with Crippen LogP contribution in [0, 0.1) is 6.92 Å². The molecule has 0 aromatic heterocycles. The van der Waals surface area contributed by atoms with Crippen molar-refractivity contribution in [3.05, 3.63) is 244 Å². The Hall–Kier alpha value is -5.44. The van der Waals surface area contributed by atoms with Gasteiger partial charge in [0.1, 0.15) is 0 Å². The highest BCUT2D eigenvalue weighted by molar-refractivity contribution is 6.43. The molecule has 48 heavy (non-hydrogen) atoms. The van der Waals surface area contributed by atoms with Crippen LogP contribution in [-0.4, -0.2) is 9.68 Å². The lowest BCUT2D eigenvalue weighted by Gasteiger charge is -2.30. The van der Waals surface area contributed by atoms with E-state index in [-0.39, 0.29) is 17.4 Å². The van der Waals surface area contributed by atoms with Crippen LogP contribution in [0.15, 0.2) is 194 Å². The molecule has 0 spiro atoms. The lowest BCUT2D eigenvalue weighted by Crippen LogP contribution is -2.22. The molecule has 0 saturated heterocycles. The Bertz CT molecular complexity index is 1790. The Morgan fingerprint density at radius 2 is 0.646 bits per heavy atom. The van der Waals surface area contributed by atoms with Gasteiger partial charge >= 0.3 is 0 Å². The number of anilines is 1. The molecular formula is C46H39NSi. The van der Waals surface area contributed by atoms with Gasteiger partial charge in [0, 0.05) is 23.1 Å². The molecule has 7 aromatic carbocycles. The second kappa shape index (κ2) is 15.0. The Morgan fingerprint density at radius 1 is 0.375 bits per heavy atom. The summed E-state index contributed by atoms with van der Waals surface area (Å²) < 4.78 is 0. The predicted octanol–water partition coefficient (Wildman–Crippen LogP) is 11.2. The van der Waals surface area contributed by atoms with E-state index < -0.39 is 0 Å². The van der Waals surface area contributed by atoms with Crippen molar-refractivity contribution >= 4 is 15.4 Å². The SMILES string of the molecule is Cc1cc(C(c2ccccc2)c2ccccc2)c(N[Si]C(c2ccccc2)c2ccccc2)c(C(c2ccccc2)c2ccccc2)c1. The van der Waals surface area contributed by atoms with Gasteiger partial charge in [0.15, 0.2) is 9.68 Å². The van der Waals surface area contributed by atoms with Gasteiger partial charge in [-0.05, 0) is 51.4 Å². The maximum atomic E-state index is 4.17. The summed E-state index contributed by atoms with van der Waals surface area (Å²) in [6, 6.07) is 70.6. The fourth-order valence-corrected chi connectivity index (χ4v) is 8.22. The minimum Gasteiger partial charge on any atom is -0.410 e. The molecule has 0 fully saturated rings. The number of hydrogen-bond donors (Lipinski definition) is 1. The molecule has 0 heterocycles. The van der Waals surface area contributed by atoms with E-state index in [0.29, 0.717) is 9.68 Å². The fourth-order valence-electron chi connectivity index (χ4n) is 6.92. The fraction of sp³-hybridized carbons (Fsp3) is 0.0870. The molecule has 0 atom stereocenters. The molecule has 2 radical (unpaired) electrons. The number of benzene rings is 7. The molecule has 0 unspecified atom stereocenters. The van der Waals surface area contributed by atoms with E-state index in [1.165, 1.54) is 55.8 Å². The first-order valence-corrected chi connectivity index (χ1v) is 17.8. The molecule has 0 aliphatic rings. The monoisotopic (exact) mass is 633 g/mol.